The lowest BCUT2D eigenvalue weighted by molar-refractivity contribution is -0.887. The molecule has 0 radical (unpaired) electrons. The Bertz CT molecular complexity index is 707. The molecule has 2 atom stereocenters. The van der Waals surface area contributed by atoms with Crippen molar-refractivity contribution in [2.45, 2.75) is 174 Å². The second-order valence-corrected chi connectivity index (χ2v) is 13.6. The standard InChI is InChI=1S/C36H69NO7/c1-6-7-8-9-10-11-12-13-14-15-16-17-18-19-20-21-22-23-24-25-26-27-35(39)44-33(31-43-32(2)38)30-42-29-28-34(36(40)41)37(3,4)5/h33-34H,6-31H2,1-5H3/p+1. The van der Waals surface area contributed by atoms with Gasteiger partial charge in [-0.25, -0.2) is 4.79 Å². The van der Waals surface area contributed by atoms with Crippen LogP contribution in [-0.2, 0) is 28.6 Å². The van der Waals surface area contributed by atoms with Crippen LogP contribution < -0.4 is 0 Å². The van der Waals surface area contributed by atoms with Crippen LogP contribution >= 0.6 is 0 Å². The van der Waals surface area contributed by atoms with E-state index < -0.39 is 24.1 Å². The van der Waals surface area contributed by atoms with E-state index >= 15 is 0 Å². The largest absolute Gasteiger partial charge is 0.477 e. The van der Waals surface area contributed by atoms with Gasteiger partial charge in [0.1, 0.15) is 6.61 Å². The average Bonchev–Trinajstić information content (AvgIpc) is 2.95. The fourth-order valence-corrected chi connectivity index (χ4v) is 5.52. The van der Waals surface area contributed by atoms with Crippen LogP contribution in [0.25, 0.3) is 0 Å². The maximum Gasteiger partial charge on any atom is 0.362 e. The molecule has 260 valence electrons. The van der Waals surface area contributed by atoms with Crippen molar-refractivity contribution in [2.24, 2.45) is 0 Å². The summed E-state index contributed by atoms with van der Waals surface area (Å²) < 4.78 is 16.4. The van der Waals surface area contributed by atoms with E-state index in [1.54, 1.807) is 0 Å². The molecule has 0 fully saturated rings. The van der Waals surface area contributed by atoms with Gasteiger partial charge in [0, 0.05) is 19.8 Å². The summed E-state index contributed by atoms with van der Waals surface area (Å²) in [6, 6.07) is -0.603. The topological polar surface area (TPSA) is 99.1 Å². The molecule has 0 aromatic rings. The number of rotatable bonds is 32. The number of unbranched alkanes of at least 4 members (excludes halogenated alkanes) is 20. The first kappa shape index (κ1) is 42.3. The quantitative estimate of drug-likeness (QED) is 0.0452. The summed E-state index contributed by atoms with van der Waals surface area (Å²) >= 11 is 0. The predicted molar refractivity (Wildman–Crippen MR) is 179 cm³/mol. The molecular weight excluding hydrogens is 558 g/mol. The molecule has 8 nitrogen and oxygen atoms in total. The van der Waals surface area contributed by atoms with E-state index in [1.807, 2.05) is 21.1 Å². The maximum atomic E-state index is 12.4. The fraction of sp³-hybridized carbons (Fsp3) is 0.917. The molecular formula is C36H70NO7+. The maximum absolute atomic E-state index is 12.4. The SMILES string of the molecule is CCCCCCCCCCCCCCCCCCCCCCCC(=O)OC(COCCC(C(=O)O)[N+](C)(C)C)COC(C)=O. The molecule has 0 aliphatic carbocycles. The van der Waals surface area contributed by atoms with Gasteiger partial charge in [-0.2, -0.15) is 0 Å². The molecule has 44 heavy (non-hydrogen) atoms. The fourth-order valence-electron chi connectivity index (χ4n) is 5.52. The van der Waals surface area contributed by atoms with Crippen LogP contribution in [0.3, 0.4) is 0 Å². The molecule has 0 saturated heterocycles. The van der Waals surface area contributed by atoms with Gasteiger partial charge in [0.25, 0.3) is 0 Å². The highest BCUT2D eigenvalue weighted by atomic mass is 16.6. The number of hydrogen-bond donors (Lipinski definition) is 1. The Morgan fingerprint density at radius 2 is 1.05 bits per heavy atom. The third kappa shape index (κ3) is 27.8. The number of hydrogen-bond acceptors (Lipinski definition) is 6. The smallest absolute Gasteiger partial charge is 0.362 e. The number of likely N-dealkylation sites (N-methyl/N-ethyl adjacent to an activating group) is 1. The zero-order chi connectivity index (χ0) is 32.9. The molecule has 0 spiro atoms. The van der Waals surface area contributed by atoms with E-state index in [2.05, 4.69) is 6.92 Å². The van der Waals surface area contributed by atoms with Crippen LogP contribution in [0, 0.1) is 0 Å². The summed E-state index contributed by atoms with van der Waals surface area (Å²) in [7, 11) is 5.48. The first-order valence-electron chi connectivity index (χ1n) is 18.0. The van der Waals surface area contributed by atoms with E-state index in [-0.39, 0.29) is 30.3 Å². The van der Waals surface area contributed by atoms with Gasteiger partial charge in [-0.05, 0) is 6.42 Å². The highest BCUT2D eigenvalue weighted by Crippen LogP contribution is 2.16. The summed E-state index contributed by atoms with van der Waals surface area (Å²) in [5.41, 5.74) is 0. The van der Waals surface area contributed by atoms with Crippen LogP contribution in [0.15, 0.2) is 0 Å². The molecule has 8 heteroatoms. The first-order valence-corrected chi connectivity index (χ1v) is 18.0. The van der Waals surface area contributed by atoms with Crippen LogP contribution in [0.5, 0.6) is 0 Å². The van der Waals surface area contributed by atoms with Crippen molar-refractivity contribution in [3.05, 3.63) is 0 Å². The summed E-state index contributed by atoms with van der Waals surface area (Å²) in [6.07, 6.45) is 27.7. The molecule has 0 heterocycles. The van der Waals surface area contributed by atoms with Gasteiger partial charge in [-0.15, -0.1) is 0 Å². The van der Waals surface area contributed by atoms with Crippen molar-refractivity contribution < 1.29 is 38.2 Å². The Balaban J connectivity index is 3.76. The second-order valence-electron chi connectivity index (χ2n) is 13.6. The second kappa shape index (κ2) is 28.8. The number of carbonyl (C=O) groups excluding carboxylic acids is 2. The Hall–Kier alpha value is -1.67. The number of carbonyl (C=O) groups is 3. The number of nitrogens with zero attached hydrogens (tertiary/aromatic N) is 1. The number of ether oxygens (including phenoxy) is 3. The molecule has 0 rings (SSSR count). The molecule has 0 aromatic carbocycles. The van der Waals surface area contributed by atoms with Crippen molar-refractivity contribution in [1.29, 1.82) is 0 Å². The average molecular weight is 629 g/mol. The van der Waals surface area contributed by atoms with Crippen molar-refractivity contribution >= 4 is 17.9 Å². The Morgan fingerprint density at radius 1 is 0.636 bits per heavy atom. The molecule has 0 aromatic heterocycles. The molecule has 0 saturated carbocycles. The first-order chi connectivity index (χ1) is 21.1. The van der Waals surface area contributed by atoms with Crippen molar-refractivity contribution in [2.75, 3.05) is 41.0 Å². The number of carboxylic acid groups (broad SMARTS) is 1. The van der Waals surface area contributed by atoms with Crippen molar-refractivity contribution in [3.8, 4) is 0 Å². The van der Waals surface area contributed by atoms with Gasteiger partial charge in [0.2, 0.25) is 0 Å². The zero-order valence-corrected chi connectivity index (χ0v) is 29.4. The lowest BCUT2D eigenvalue weighted by atomic mass is 10.0. The third-order valence-corrected chi connectivity index (χ3v) is 8.31. The van der Waals surface area contributed by atoms with Crippen LogP contribution in [-0.4, -0.2) is 80.6 Å². The van der Waals surface area contributed by atoms with Gasteiger partial charge < -0.3 is 23.8 Å². The molecule has 1 N–H and O–H groups in total. The highest BCUT2D eigenvalue weighted by Gasteiger charge is 2.31. The Kier molecular flexibility index (Phi) is 27.7. The van der Waals surface area contributed by atoms with Crippen molar-refractivity contribution in [3.63, 3.8) is 0 Å². The molecule has 0 bridgehead atoms. The minimum Gasteiger partial charge on any atom is -0.477 e. The highest BCUT2D eigenvalue weighted by molar-refractivity contribution is 5.72. The molecule has 0 aliphatic heterocycles. The number of esters is 2. The summed E-state index contributed by atoms with van der Waals surface area (Å²) in [5, 5.41) is 9.44. The molecule has 2 unspecified atom stereocenters. The van der Waals surface area contributed by atoms with Gasteiger partial charge in [-0.3, -0.25) is 9.59 Å². The van der Waals surface area contributed by atoms with Gasteiger partial charge in [0.15, 0.2) is 12.1 Å². The monoisotopic (exact) mass is 629 g/mol. The van der Waals surface area contributed by atoms with E-state index in [9.17, 15) is 19.5 Å². The van der Waals surface area contributed by atoms with E-state index in [1.165, 1.54) is 122 Å². The predicted octanol–water partition coefficient (Wildman–Crippen LogP) is 8.63. The minimum absolute atomic E-state index is 0.0574. The zero-order valence-electron chi connectivity index (χ0n) is 29.4. The van der Waals surface area contributed by atoms with Gasteiger partial charge in [0.05, 0.1) is 34.4 Å². The molecule has 0 aliphatic rings. The lowest BCUT2D eigenvalue weighted by Gasteiger charge is -2.31. The summed E-state index contributed by atoms with van der Waals surface area (Å²) in [6.45, 7) is 3.78. The van der Waals surface area contributed by atoms with Crippen LogP contribution in [0.1, 0.15) is 162 Å². The Morgan fingerprint density at radius 3 is 1.41 bits per heavy atom. The normalized spacial score (nSPS) is 13.0. The third-order valence-electron chi connectivity index (χ3n) is 8.31. The number of quaternary nitrogens is 1. The number of carboxylic acids is 1. The van der Waals surface area contributed by atoms with E-state index in [0.29, 0.717) is 12.8 Å². The lowest BCUT2D eigenvalue weighted by Crippen LogP contribution is -2.50. The number of aliphatic carboxylic acids is 1. The van der Waals surface area contributed by atoms with Gasteiger partial charge >= 0.3 is 17.9 Å². The van der Waals surface area contributed by atoms with E-state index in [0.717, 1.165) is 19.3 Å². The van der Waals surface area contributed by atoms with Crippen molar-refractivity contribution in [1.82, 2.24) is 0 Å². The molecule has 0 amide bonds. The summed E-state index contributed by atoms with van der Waals surface area (Å²) in [5.74, 6) is -1.65. The van der Waals surface area contributed by atoms with Gasteiger partial charge in [-0.1, -0.05) is 135 Å². The van der Waals surface area contributed by atoms with E-state index in [4.69, 9.17) is 14.2 Å². The Labute approximate surface area is 270 Å². The summed E-state index contributed by atoms with van der Waals surface area (Å²) in [4.78, 5) is 35.1. The van der Waals surface area contributed by atoms with Crippen LogP contribution in [0.4, 0.5) is 0 Å². The minimum atomic E-state index is -0.881. The van der Waals surface area contributed by atoms with Crippen LogP contribution in [0.2, 0.25) is 0 Å².